The Labute approximate surface area is 126 Å². The molecule has 4 heteroatoms. The van der Waals surface area contributed by atoms with Crippen LogP contribution in [0.3, 0.4) is 0 Å². The Bertz CT molecular complexity index is 409. The van der Waals surface area contributed by atoms with Gasteiger partial charge in [0.25, 0.3) is 0 Å². The predicted molar refractivity (Wildman–Crippen MR) is 75.0 cm³/mol. The van der Waals surface area contributed by atoms with Gasteiger partial charge in [0, 0.05) is 31.8 Å². The van der Waals surface area contributed by atoms with Gasteiger partial charge in [-0.25, -0.2) is 0 Å². The topological polar surface area (TPSA) is 36.9 Å². The number of hydrogen-bond acceptors (Lipinski definition) is 4. The molecule has 118 valence electrons. The number of hydrogen-bond donors (Lipinski definition) is 0. The second kappa shape index (κ2) is 4.44. The van der Waals surface area contributed by atoms with Crippen molar-refractivity contribution >= 4 is 0 Å². The normalized spacial score (nSPS) is 58.4. The SMILES string of the molecule is COC1CCCC2(C1)OOC1(O2)C2CC3CC(C2)CC1C3. The van der Waals surface area contributed by atoms with Gasteiger partial charge in [-0.05, 0) is 56.8 Å². The molecule has 21 heavy (non-hydrogen) atoms. The van der Waals surface area contributed by atoms with Gasteiger partial charge in [-0.15, -0.1) is 0 Å². The summed E-state index contributed by atoms with van der Waals surface area (Å²) in [5.74, 6) is 1.98. The fourth-order valence-electron chi connectivity index (χ4n) is 6.13. The zero-order valence-electron chi connectivity index (χ0n) is 12.9. The maximum atomic E-state index is 6.66. The van der Waals surface area contributed by atoms with Crippen LogP contribution < -0.4 is 0 Å². The molecule has 4 bridgehead atoms. The van der Waals surface area contributed by atoms with Crippen LogP contribution in [0.5, 0.6) is 0 Å². The third-order valence-corrected chi connectivity index (χ3v) is 6.90. The third kappa shape index (κ3) is 1.82. The van der Waals surface area contributed by atoms with Crippen LogP contribution in [0.4, 0.5) is 0 Å². The van der Waals surface area contributed by atoms with Crippen molar-refractivity contribution in [1.82, 2.24) is 0 Å². The standard InChI is InChI=1S/C17H26O4/c1-18-15-3-2-4-16(10-15)19-17(21-20-16)13-6-11-5-12(8-13)9-14(17)7-11/h11-15H,2-10H2,1H3. The van der Waals surface area contributed by atoms with Gasteiger partial charge in [-0.2, -0.15) is 9.78 Å². The molecular formula is C17H26O4. The maximum absolute atomic E-state index is 6.66. The van der Waals surface area contributed by atoms with Gasteiger partial charge in [0.1, 0.15) is 0 Å². The van der Waals surface area contributed by atoms with E-state index in [1.54, 1.807) is 7.11 Å². The molecule has 6 rings (SSSR count). The predicted octanol–water partition coefficient (Wildman–Crippen LogP) is 3.40. The highest BCUT2D eigenvalue weighted by molar-refractivity contribution is 5.05. The first-order valence-corrected chi connectivity index (χ1v) is 8.81. The smallest absolute Gasteiger partial charge is 0.210 e. The molecule has 1 saturated heterocycles. The molecule has 0 N–H and O–H groups in total. The van der Waals surface area contributed by atoms with Gasteiger partial charge in [-0.1, -0.05) is 0 Å². The second-order valence-electron chi connectivity index (χ2n) is 8.16. The summed E-state index contributed by atoms with van der Waals surface area (Å²) in [7, 11) is 1.79. The minimum absolute atomic E-state index is 0.245. The van der Waals surface area contributed by atoms with Gasteiger partial charge in [0.05, 0.1) is 6.10 Å². The molecule has 2 atom stereocenters. The van der Waals surface area contributed by atoms with Crippen LogP contribution in [0.1, 0.15) is 57.8 Å². The van der Waals surface area contributed by atoms with Crippen LogP contribution >= 0.6 is 0 Å². The van der Waals surface area contributed by atoms with Gasteiger partial charge >= 0.3 is 0 Å². The van der Waals surface area contributed by atoms with Crippen LogP contribution in [-0.2, 0) is 19.2 Å². The van der Waals surface area contributed by atoms with Gasteiger partial charge in [-0.3, -0.25) is 0 Å². The number of rotatable bonds is 1. The quantitative estimate of drug-likeness (QED) is 0.695. The number of ether oxygens (including phenoxy) is 2. The van der Waals surface area contributed by atoms with E-state index in [1.165, 1.54) is 32.1 Å². The molecule has 4 nitrogen and oxygen atoms in total. The van der Waals surface area contributed by atoms with Crippen molar-refractivity contribution in [1.29, 1.82) is 0 Å². The van der Waals surface area contributed by atoms with Gasteiger partial charge in [0.15, 0.2) is 0 Å². The van der Waals surface area contributed by atoms with Gasteiger partial charge in [0.2, 0.25) is 11.6 Å². The van der Waals surface area contributed by atoms with E-state index in [4.69, 9.17) is 19.2 Å². The largest absolute Gasteiger partial charge is 0.381 e. The highest BCUT2D eigenvalue weighted by Gasteiger charge is 2.67. The molecule has 6 fully saturated rings. The Morgan fingerprint density at radius 2 is 1.67 bits per heavy atom. The molecule has 0 amide bonds. The molecule has 0 radical (unpaired) electrons. The molecule has 0 aromatic heterocycles. The summed E-state index contributed by atoms with van der Waals surface area (Å²) in [6.45, 7) is 0. The lowest BCUT2D eigenvalue weighted by Crippen LogP contribution is -2.59. The lowest BCUT2D eigenvalue weighted by molar-refractivity contribution is -0.391. The lowest BCUT2D eigenvalue weighted by Gasteiger charge is -2.57. The highest BCUT2D eigenvalue weighted by Crippen LogP contribution is 2.63. The highest BCUT2D eigenvalue weighted by atomic mass is 17.3. The van der Waals surface area contributed by atoms with Crippen LogP contribution in [0.15, 0.2) is 0 Å². The Morgan fingerprint density at radius 3 is 2.33 bits per heavy atom. The summed E-state index contributed by atoms with van der Waals surface area (Å²) >= 11 is 0. The van der Waals surface area contributed by atoms with E-state index in [0.29, 0.717) is 11.8 Å². The van der Waals surface area contributed by atoms with Crippen molar-refractivity contribution in [2.45, 2.75) is 75.5 Å². The number of methoxy groups -OCH3 is 1. The van der Waals surface area contributed by atoms with Crippen LogP contribution in [0.25, 0.3) is 0 Å². The molecule has 1 aliphatic heterocycles. The fraction of sp³-hybridized carbons (Fsp3) is 1.00. The minimum atomic E-state index is -0.533. The minimum Gasteiger partial charge on any atom is -0.381 e. The molecule has 2 spiro atoms. The lowest BCUT2D eigenvalue weighted by atomic mass is 9.53. The van der Waals surface area contributed by atoms with Crippen LogP contribution in [0.2, 0.25) is 0 Å². The van der Waals surface area contributed by atoms with E-state index in [2.05, 4.69) is 0 Å². The second-order valence-corrected chi connectivity index (χ2v) is 8.16. The summed E-state index contributed by atoms with van der Waals surface area (Å²) in [6.07, 6.45) is 10.8. The van der Waals surface area contributed by atoms with E-state index in [9.17, 15) is 0 Å². The third-order valence-electron chi connectivity index (χ3n) is 6.90. The van der Waals surface area contributed by atoms with Crippen molar-refractivity contribution in [3.63, 3.8) is 0 Å². The van der Waals surface area contributed by atoms with Crippen LogP contribution in [0, 0.1) is 23.7 Å². The van der Waals surface area contributed by atoms with Crippen molar-refractivity contribution in [3.8, 4) is 0 Å². The summed E-state index contributed by atoms with van der Waals surface area (Å²) in [6, 6.07) is 0. The van der Waals surface area contributed by atoms with E-state index in [1.807, 2.05) is 0 Å². The molecular weight excluding hydrogens is 268 g/mol. The Morgan fingerprint density at radius 1 is 0.952 bits per heavy atom. The van der Waals surface area contributed by atoms with Crippen molar-refractivity contribution in [2.75, 3.05) is 7.11 Å². The Kier molecular flexibility index (Phi) is 2.81. The molecule has 0 aromatic rings. The van der Waals surface area contributed by atoms with Crippen molar-refractivity contribution in [3.05, 3.63) is 0 Å². The average Bonchev–Trinajstić information content (AvgIpc) is 2.84. The zero-order valence-corrected chi connectivity index (χ0v) is 12.9. The maximum Gasteiger partial charge on any atom is 0.210 e. The van der Waals surface area contributed by atoms with Crippen molar-refractivity contribution in [2.24, 2.45) is 23.7 Å². The summed E-state index contributed by atoms with van der Waals surface area (Å²) in [5, 5.41) is 0. The summed E-state index contributed by atoms with van der Waals surface area (Å²) in [4.78, 5) is 11.9. The van der Waals surface area contributed by atoms with Crippen LogP contribution in [-0.4, -0.2) is 24.8 Å². The Balaban J connectivity index is 1.42. The molecule has 2 unspecified atom stereocenters. The summed E-state index contributed by atoms with van der Waals surface area (Å²) in [5.41, 5.74) is 0. The molecule has 5 saturated carbocycles. The van der Waals surface area contributed by atoms with E-state index in [0.717, 1.165) is 37.5 Å². The summed E-state index contributed by atoms with van der Waals surface area (Å²) < 4.78 is 12.2. The molecule has 5 aliphatic carbocycles. The average molecular weight is 294 g/mol. The first-order chi connectivity index (χ1) is 10.2. The monoisotopic (exact) mass is 294 g/mol. The van der Waals surface area contributed by atoms with E-state index >= 15 is 0 Å². The Hall–Kier alpha value is -0.160. The fourth-order valence-corrected chi connectivity index (χ4v) is 6.13. The zero-order chi connectivity index (χ0) is 14.1. The van der Waals surface area contributed by atoms with Crippen molar-refractivity contribution < 1.29 is 19.2 Å². The first kappa shape index (κ1) is 13.3. The van der Waals surface area contributed by atoms with Gasteiger partial charge < -0.3 is 9.47 Å². The molecule has 6 aliphatic rings. The molecule has 1 heterocycles. The molecule has 0 aromatic carbocycles. The first-order valence-electron chi connectivity index (χ1n) is 8.81. The van der Waals surface area contributed by atoms with E-state index < -0.39 is 11.6 Å². The van der Waals surface area contributed by atoms with E-state index in [-0.39, 0.29) is 6.10 Å².